The summed E-state index contributed by atoms with van der Waals surface area (Å²) in [5.74, 6) is 1.56. The number of nitriles is 1. The molecule has 0 bridgehead atoms. The SMILES string of the molecule is C=Cc1cc(-c2cc(C#N)c(N3CCN(C(=O)CCOC)[C@H](C(C)C)C3)nc2C2CC2)ccn1. The van der Waals surface area contributed by atoms with Crippen LogP contribution in [0.15, 0.2) is 31.0 Å². The molecule has 1 saturated heterocycles. The molecular weight excluding hydrogens is 426 g/mol. The Morgan fingerprint density at radius 1 is 1.35 bits per heavy atom. The van der Waals surface area contributed by atoms with Gasteiger partial charge in [-0.15, -0.1) is 0 Å². The van der Waals surface area contributed by atoms with Crippen LogP contribution in [0.3, 0.4) is 0 Å². The highest BCUT2D eigenvalue weighted by atomic mass is 16.5. The molecule has 34 heavy (non-hydrogen) atoms. The van der Waals surface area contributed by atoms with Gasteiger partial charge in [0, 0.05) is 44.4 Å². The summed E-state index contributed by atoms with van der Waals surface area (Å²) in [4.78, 5) is 26.4. The van der Waals surface area contributed by atoms with Gasteiger partial charge in [0.1, 0.15) is 11.9 Å². The molecule has 178 valence electrons. The quantitative estimate of drug-likeness (QED) is 0.587. The molecule has 1 aliphatic heterocycles. The standard InChI is InChI=1S/C27H33N5O2/c1-5-22-14-20(8-10-29-22)23-15-21(16-28)27(30-26(23)19-6-7-19)31-11-12-32(24(17-31)18(2)3)25(33)9-13-34-4/h5,8,10,14-15,18-19,24H,1,6-7,9,11-13,17H2,2-4H3/t24-/m0/s1. The van der Waals surface area contributed by atoms with Gasteiger partial charge in [-0.1, -0.05) is 20.4 Å². The molecule has 2 fully saturated rings. The third kappa shape index (κ3) is 4.97. The Balaban J connectivity index is 1.68. The average Bonchev–Trinajstić information content (AvgIpc) is 3.71. The Morgan fingerprint density at radius 2 is 2.15 bits per heavy atom. The summed E-state index contributed by atoms with van der Waals surface area (Å²) in [5, 5.41) is 10.1. The van der Waals surface area contributed by atoms with E-state index in [-0.39, 0.29) is 17.9 Å². The summed E-state index contributed by atoms with van der Waals surface area (Å²) in [6.07, 6.45) is 6.12. The van der Waals surface area contributed by atoms with Gasteiger partial charge in [-0.25, -0.2) is 4.98 Å². The fourth-order valence-electron chi connectivity index (χ4n) is 4.68. The number of carbonyl (C=O) groups excluding carboxylic acids is 1. The van der Waals surface area contributed by atoms with Crippen LogP contribution in [-0.4, -0.2) is 60.2 Å². The van der Waals surface area contributed by atoms with E-state index in [0.29, 0.717) is 44.1 Å². The van der Waals surface area contributed by atoms with Gasteiger partial charge in [-0.3, -0.25) is 9.78 Å². The normalized spacial score (nSPS) is 18.1. The van der Waals surface area contributed by atoms with Gasteiger partial charge >= 0.3 is 0 Å². The number of piperazine rings is 1. The second kappa shape index (κ2) is 10.4. The number of hydrogen-bond donors (Lipinski definition) is 0. The van der Waals surface area contributed by atoms with Crippen molar-refractivity contribution >= 4 is 17.8 Å². The van der Waals surface area contributed by atoms with Gasteiger partial charge in [-0.2, -0.15) is 5.26 Å². The van der Waals surface area contributed by atoms with Crippen molar-refractivity contribution in [3.05, 3.63) is 47.9 Å². The minimum Gasteiger partial charge on any atom is -0.384 e. The number of aromatic nitrogens is 2. The number of hydrogen-bond acceptors (Lipinski definition) is 6. The van der Waals surface area contributed by atoms with Crippen LogP contribution in [0.2, 0.25) is 0 Å². The highest BCUT2D eigenvalue weighted by Gasteiger charge is 2.35. The van der Waals surface area contributed by atoms with Crippen molar-refractivity contribution in [1.82, 2.24) is 14.9 Å². The first-order chi connectivity index (χ1) is 16.5. The van der Waals surface area contributed by atoms with Crippen LogP contribution in [0, 0.1) is 17.2 Å². The Kier molecular flexibility index (Phi) is 7.28. The number of amides is 1. The molecule has 2 aliphatic rings. The van der Waals surface area contributed by atoms with Crippen molar-refractivity contribution in [2.45, 2.75) is 45.1 Å². The summed E-state index contributed by atoms with van der Waals surface area (Å²) in [7, 11) is 1.62. The van der Waals surface area contributed by atoms with Crippen molar-refractivity contribution in [3.8, 4) is 17.2 Å². The molecule has 0 aromatic carbocycles. The summed E-state index contributed by atoms with van der Waals surface area (Å²) >= 11 is 0. The van der Waals surface area contributed by atoms with Gasteiger partial charge in [0.05, 0.1) is 36.0 Å². The molecular formula is C27H33N5O2. The molecule has 1 aliphatic carbocycles. The van der Waals surface area contributed by atoms with Gasteiger partial charge in [-0.05, 0) is 48.6 Å². The van der Waals surface area contributed by atoms with E-state index in [1.54, 1.807) is 19.4 Å². The molecule has 1 saturated carbocycles. The van der Waals surface area contributed by atoms with E-state index in [2.05, 4.69) is 36.4 Å². The number of methoxy groups -OCH3 is 1. The molecule has 7 nitrogen and oxygen atoms in total. The Hall–Kier alpha value is -3.24. The zero-order valence-corrected chi connectivity index (χ0v) is 20.3. The third-order valence-electron chi connectivity index (χ3n) is 6.75. The molecule has 0 unspecified atom stereocenters. The molecule has 3 heterocycles. The fraction of sp³-hybridized carbons (Fsp3) is 0.481. The van der Waals surface area contributed by atoms with Crippen molar-refractivity contribution in [2.24, 2.45) is 5.92 Å². The summed E-state index contributed by atoms with van der Waals surface area (Å²) in [5.41, 5.74) is 4.43. The Morgan fingerprint density at radius 3 is 2.79 bits per heavy atom. The largest absolute Gasteiger partial charge is 0.384 e. The number of pyridine rings is 2. The second-order valence-electron chi connectivity index (χ2n) is 9.44. The first-order valence-corrected chi connectivity index (χ1v) is 12.0. The predicted octanol–water partition coefficient (Wildman–Crippen LogP) is 4.25. The maximum absolute atomic E-state index is 12.8. The highest BCUT2D eigenvalue weighted by Crippen LogP contribution is 2.45. The predicted molar refractivity (Wildman–Crippen MR) is 133 cm³/mol. The Labute approximate surface area is 202 Å². The maximum atomic E-state index is 12.8. The van der Waals surface area contributed by atoms with Gasteiger partial charge in [0.25, 0.3) is 0 Å². The lowest BCUT2D eigenvalue weighted by Crippen LogP contribution is -2.57. The van der Waals surface area contributed by atoms with Crippen LogP contribution in [-0.2, 0) is 9.53 Å². The third-order valence-corrected chi connectivity index (χ3v) is 6.75. The highest BCUT2D eigenvalue weighted by molar-refractivity contribution is 5.77. The van der Waals surface area contributed by atoms with Crippen LogP contribution in [0.25, 0.3) is 17.2 Å². The van der Waals surface area contributed by atoms with E-state index in [1.165, 1.54) is 0 Å². The molecule has 7 heteroatoms. The number of anilines is 1. The topological polar surface area (TPSA) is 82.4 Å². The molecule has 2 aromatic rings. The Bertz CT molecular complexity index is 1100. The van der Waals surface area contributed by atoms with Crippen molar-refractivity contribution in [2.75, 3.05) is 38.3 Å². The molecule has 0 N–H and O–H groups in total. The van der Waals surface area contributed by atoms with E-state index >= 15 is 0 Å². The van der Waals surface area contributed by atoms with E-state index in [9.17, 15) is 10.1 Å². The summed E-state index contributed by atoms with van der Waals surface area (Å²) in [6, 6.07) is 8.40. The molecule has 2 aromatic heterocycles. The zero-order valence-electron chi connectivity index (χ0n) is 20.3. The maximum Gasteiger partial charge on any atom is 0.225 e. The molecule has 1 atom stereocenters. The average molecular weight is 460 g/mol. The van der Waals surface area contributed by atoms with Crippen molar-refractivity contribution < 1.29 is 9.53 Å². The molecule has 0 radical (unpaired) electrons. The second-order valence-corrected chi connectivity index (χ2v) is 9.44. The minimum absolute atomic E-state index is 0.0610. The van der Waals surface area contributed by atoms with Crippen LogP contribution >= 0.6 is 0 Å². The van der Waals surface area contributed by atoms with Crippen LogP contribution in [0.5, 0.6) is 0 Å². The van der Waals surface area contributed by atoms with E-state index < -0.39 is 0 Å². The summed E-state index contributed by atoms with van der Waals surface area (Å²) in [6.45, 7) is 10.5. The van der Waals surface area contributed by atoms with Crippen LogP contribution in [0.4, 0.5) is 5.82 Å². The number of ether oxygens (including phenoxy) is 1. The van der Waals surface area contributed by atoms with Crippen molar-refractivity contribution in [3.63, 3.8) is 0 Å². The van der Waals surface area contributed by atoms with Gasteiger partial charge < -0.3 is 14.5 Å². The van der Waals surface area contributed by atoms with Crippen molar-refractivity contribution in [1.29, 1.82) is 5.26 Å². The number of carbonyl (C=O) groups is 1. The molecule has 4 rings (SSSR count). The van der Waals surface area contributed by atoms with Crippen LogP contribution in [0.1, 0.15) is 56.0 Å². The molecule has 1 amide bonds. The number of nitrogens with zero attached hydrogens (tertiary/aromatic N) is 5. The molecule has 0 spiro atoms. The van der Waals surface area contributed by atoms with E-state index in [0.717, 1.165) is 41.2 Å². The fourth-order valence-corrected chi connectivity index (χ4v) is 4.68. The first kappa shape index (κ1) is 23.9. The van der Waals surface area contributed by atoms with E-state index in [4.69, 9.17) is 9.72 Å². The van der Waals surface area contributed by atoms with E-state index in [1.807, 2.05) is 23.1 Å². The monoisotopic (exact) mass is 459 g/mol. The lowest BCUT2D eigenvalue weighted by molar-refractivity contribution is -0.135. The smallest absolute Gasteiger partial charge is 0.225 e. The minimum atomic E-state index is 0.0610. The lowest BCUT2D eigenvalue weighted by atomic mass is 9.97. The number of rotatable bonds is 8. The summed E-state index contributed by atoms with van der Waals surface area (Å²) < 4.78 is 5.11. The van der Waals surface area contributed by atoms with Crippen LogP contribution < -0.4 is 4.90 Å². The van der Waals surface area contributed by atoms with Gasteiger partial charge in [0.2, 0.25) is 5.91 Å². The first-order valence-electron chi connectivity index (χ1n) is 12.0. The lowest BCUT2D eigenvalue weighted by Gasteiger charge is -2.44. The zero-order chi connectivity index (χ0) is 24.2. The van der Waals surface area contributed by atoms with Gasteiger partial charge in [0.15, 0.2) is 0 Å².